The minimum absolute atomic E-state index is 0.400. The van der Waals surface area contributed by atoms with E-state index in [0.717, 1.165) is 5.69 Å². The molecule has 3 aromatic rings. The Morgan fingerprint density at radius 2 is 1.78 bits per heavy atom. The number of hydrogen-bond acceptors (Lipinski definition) is 6. The number of aromatic nitrogens is 3. The van der Waals surface area contributed by atoms with E-state index in [-0.39, 0.29) is 0 Å². The summed E-state index contributed by atoms with van der Waals surface area (Å²) in [6.07, 6.45) is 0. The van der Waals surface area contributed by atoms with Gasteiger partial charge in [0.1, 0.15) is 11.6 Å². The van der Waals surface area contributed by atoms with E-state index < -0.39 is 0 Å². The van der Waals surface area contributed by atoms with Gasteiger partial charge in [-0.15, -0.1) is 0 Å². The average Bonchev–Trinajstić information content (AvgIpc) is 2.87. The van der Waals surface area contributed by atoms with Crippen molar-refractivity contribution in [3.63, 3.8) is 0 Å². The average molecular weight is 350 g/mol. The summed E-state index contributed by atoms with van der Waals surface area (Å²) in [6.45, 7) is 3.68. The van der Waals surface area contributed by atoms with Gasteiger partial charge in [-0.3, -0.25) is 0 Å². The molecule has 0 amide bonds. The lowest BCUT2D eigenvalue weighted by molar-refractivity contribution is 0.400. The van der Waals surface area contributed by atoms with Crippen LogP contribution >= 0.6 is 23.2 Å². The van der Waals surface area contributed by atoms with Gasteiger partial charge in [0.2, 0.25) is 5.95 Å². The van der Waals surface area contributed by atoms with Gasteiger partial charge in [-0.1, -0.05) is 28.4 Å². The second kappa shape index (κ2) is 6.44. The van der Waals surface area contributed by atoms with Gasteiger partial charge in [0.25, 0.3) is 0 Å². The van der Waals surface area contributed by atoms with Gasteiger partial charge < -0.3 is 15.2 Å². The van der Waals surface area contributed by atoms with E-state index in [9.17, 15) is 0 Å². The molecule has 0 unspecified atom stereocenters. The van der Waals surface area contributed by atoms with Crippen LogP contribution in [0.5, 0.6) is 0 Å². The number of halogens is 2. The first-order chi connectivity index (χ1) is 11.0. The summed E-state index contributed by atoms with van der Waals surface area (Å²) in [4.78, 5) is 8.73. The molecule has 6 nitrogen and oxygen atoms in total. The maximum Gasteiger partial charge on any atom is 0.229 e. The van der Waals surface area contributed by atoms with Gasteiger partial charge in [-0.25, -0.2) is 4.98 Å². The van der Waals surface area contributed by atoms with E-state index in [4.69, 9.17) is 27.7 Å². The predicted octanol–water partition coefficient (Wildman–Crippen LogP) is 4.88. The Hall–Kier alpha value is -2.31. The quantitative estimate of drug-likeness (QED) is 0.699. The lowest BCUT2D eigenvalue weighted by Crippen LogP contribution is -2.02. The van der Waals surface area contributed by atoms with E-state index in [1.54, 1.807) is 30.3 Å². The van der Waals surface area contributed by atoms with Crippen LogP contribution in [0.3, 0.4) is 0 Å². The molecule has 0 radical (unpaired) electrons. The van der Waals surface area contributed by atoms with Gasteiger partial charge in [0.05, 0.1) is 10.7 Å². The molecule has 118 valence electrons. The Labute approximate surface area is 142 Å². The fraction of sp³-hybridized carbons (Fsp3) is 0.133. The van der Waals surface area contributed by atoms with Crippen molar-refractivity contribution in [2.24, 2.45) is 0 Å². The third kappa shape index (κ3) is 3.91. The number of nitrogens with zero attached hydrogens (tertiary/aromatic N) is 3. The summed E-state index contributed by atoms with van der Waals surface area (Å²) in [5.41, 5.74) is 1.41. The molecule has 23 heavy (non-hydrogen) atoms. The van der Waals surface area contributed by atoms with Crippen molar-refractivity contribution < 1.29 is 4.52 Å². The van der Waals surface area contributed by atoms with Crippen molar-refractivity contribution in [2.45, 2.75) is 13.8 Å². The van der Waals surface area contributed by atoms with Crippen molar-refractivity contribution in [2.75, 3.05) is 10.6 Å². The molecule has 0 spiro atoms. The fourth-order valence-electron chi connectivity index (χ4n) is 1.96. The van der Waals surface area contributed by atoms with Crippen LogP contribution in [0, 0.1) is 13.8 Å². The lowest BCUT2D eigenvalue weighted by Gasteiger charge is -2.10. The molecule has 2 heterocycles. The van der Waals surface area contributed by atoms with Crippen LogP contribution in [0.25, 0.3) is 0 Å². The summed E-state index contributed by atoms with van der Waals surface area (Å²) in [7, 11) is 0. The largest absolute Gasteiger partial charge is 0.360 e. The van der Waals surface area contributed by atoms with Crippen LogP contribution in [0.15, 0.2) is 34.9 Å². The molecular formula is C15H13Cl2N5O. The van der Waals surface area contributed by atoms with Crippen molar-refractivity contribution in [1.82, 2.24) is 15.1 Å². The predicted molar refractivity (Wildman–Crippen MR) is 91.0 cm³/mol. The van der Waals surface area contributed by atoms with Crippen LogP contribution in [-0.2, 0) is 0 Å². The van der Waals surface area contributed by atoms with Gasteiger partial charge in [0.15, 0.2) is 5.82 Å². The minimum atomic E-state index is 0.400. The number of hydrogen-bond donors (Lipinski definition) is 2. The van der Waals surface area contributed by atoms with E-state index in [1.165, 1.54) is 0 Å². The summed E-state index contributed by atoms with van der Waals surface area (Å²) < 4.78 is 5.02. The topological polar surface area (TPSA) is 75.9 Å². The molecule has 0 atom stereocenters. The Balaban J connectivity index is 1.86. The van der Waals surface area contributed by atoms with Gasteiger partial charge in [-0.05, 0) is 32.0 Å². The highest BCUT2D eigenvalue weighted by atomic mass is 35.5. The third-order valence-electron chi connectivity index (χ3n) is 2.91. The Morgan fingerprint density at radius 3 is 2.52 bits per heavy atom. The highest BCUT2D eigenvalue weighted by Gasteiger charge is 2.08. The van der Waals surface area contributed by atoms with E-state index in [1.807, 2.05) is 13.8 Å². The number of aryl methyl sites for hydroxylation is 2. The summed E-state index contributed by atoms with van der Waals surface area (Å²) >= 11 is 12.1. The number of nitrogens with one attached hydrogen (secondary N) is 2. The fourth-order valence-corrected chi connectivity index (χ4v) is 2.30. The molecule has 3 rings (SSSR count). The second-order valence-electron chi connectivity index (χ2n) is 4.92. The molecule has 0 aliphatic rings. The van der Waals surface area contributed by atoms with E-state index >= 15 is 0 Å². The third-order valence-corrected chi connectivity index (χ3v) is 3.48. The van der Waals surface area contributed by atoms with Crippen molar-refractivity contribution >= 4 is 46.5 Å². The van der Waals surface area contributed by atoms with E-state index in [0.29, 0.717) is 39.1 Å². The van der Waals surface area contributed by atoms with Crippen LogP contribution in [-0.4, -0.2) is 15.1 Å². The molecule has 2 aromatic heterocycles. The first-order valence-corrected chi connectivity index (χ1v) is 7.53. The summed E-state index contributed by atoms with van der Waals surface area (Å²) in [6, 6.07) is 8.71. The van der Waals surface area contributed by atoms with Crippen molar-refractivity contribution in [3.8, 4) is 0 Å². The number of rotatable bonds is 4. The Bertz CT molecular complexity index is 850. The van der Waals surface area contributed by atoms with Gasteiger partial charge >= 0.3 is 0 Å². The minimum Gasteiger partial charge on any atom is -0.360 e. The number of anilines is 4. The maximum absolute atomic E-state index is 6.14. The molecule has 2 N–H and O–H groups in total. The van der Waals surface area contributed by atoms with Crippen LogP contribution in [0.2, 0.25) is 10.0 Å². The zero-order chi connectivity index (χ0) is 16.4. The standard InChI is InChI=1S/C15H13Cl2N5O/c1-8-5-13(20-14-6-9(2)23-22-14)21-15(18-8)19-12-7-10(16)3-4-11(12)17/h3-7H,1-2H3,(H2,18,19,20,21,22). The highest BCUT2D eigenvalue weighted by Crippen LogP contribution is 2.28. The van der Waals surface area contributed by atoms with Crippen molar-refractivity contribution in [1.29, 1.82) is 0 Å². The smallest absolute Gasteiger partial charge is 0.229 e. The highest BCUT2D eigenvalue weighted by molar-refractivity contribution is 6.35. The number of benzene rings is 1. The lowest BCUT2D eigenvalue weighted by atomic mass is 10.3. The van der Waals surface area contributed by atoms with Crippen LogP contribution in [0.1, 0.15) is 11.5 Å². The second-order valence-corrected chi connectivity index (χ2v) is 5.76. The normalized spacial score (nSPS) is 10.6. The first kappa shape index (κ1) is 15.6. The molecule has 1 aromatic carbocycles. The van der Waals surface area contributed by atoms with E-state index in [2.05, 4.69) is 25.8 Å². The maximum atomic E-state index is 6.14. The molecule has 0 aliphatic heterocycles. The molecule has 8 heteroatoms. The summed E-state index contributed by atoms with van der Waals surface area (Å²) in [5.74, 6) is 2.28. The van der Waals surface area contributed by atoms with Crippen molar-refractivity contribution in [3.05, 3.63) is 51.8 Å². The van der Waals surface area contributed by atoms with Crippen LogP contribution in [0.4, 0.5) is 23.3 Å². The molecule has 0 bridgehead atoms. The first-order valence-electron chi connectivity index (χ1n) is 6.78. The zero-order valence-corrected chi connectivity index (χ0v) is 13.9. The molecule has 0 saturated heterocycles. The molecule has 0 aliphatic carbocycles. The SMILES string of the molecule is Cc1cc(Nc2cc(C)on2)nc(Nc2cc(Cl)ccc2Cl)n1. The Morgan fingerprint density at radius 1 is 0.957 bits per heavy atom. The van der Waals surface area contributed by atoms with Gasteiger partial charge in [-0.2, -0.15) is 4.98 Å². The Kier molecular flexibility index (Phi) is 4.36. The van der Waals surface area contributed by atoms with Crippen LogP contribution < -0.4 is 10.6 Å². The van der Waals surface area contributed by atoms with Gasteiger partial charge in [0, 0.05) is 22.8 Å². The molecule has 0 fully saturated rings. The summed E-state index contributed by atoms with van der Waals surface area (Å²) in [5, 5.41) is 11.1. The molecule has 0 saturated carbocycles. The monoisotopic (exact) mass is 349 g/mol. The molecular weight excluding hydrogens is 337 g/mol. The zero-order valence-electron chi connectivity index (χ0n) is 12.4.